The fourth-order valence-corrected chi connectivity index (χ4v) is 5.12. The molecule has 0 aromatic carbocycles. The van der Waals surface area contributed by atoms with Gasteiger partial charge in [0.25, 0.3) is 0 Å². The van der Waals surface area contributed by atoms with Crippen LogP contribution in [0.4, 0.5) is 13.6 Å². The van der Waals surface area contributed by atoms with Crippen LogP contribution in [-0.2, 0) is 16.1 Å². The molecule has 0 bridgehead atoms. The largest absolute Gasteiger partial charge is 0.598 e. The number of amides is 1. The number of alkyl halides is 2. The molecular formula is C26H39F2N5O3S. The van der Waals surface area contributed by atoms with Gasteiger partial charge < -0.3 is 14.6 Å². The van der Waals surface area contributed by atoms with Crippen molar-refractivity contribution in [2.45, 2.75) is 103 Å². The third-order valence-corrected chi connectivity index (χ3v) is 7.75. The van der Waals surface area contributed by atoms with Gasteiger partial charge in [-0.15, -0.1) is 4.72 Å². The summed E-state index contributed by atoms with van der Waals surface area (Å²) >= 11 is -1.34. The van der Waals surface area contributed by atoms with Gasteiger partial charge in [-0.2, -0.15) is 5.10 Å². The van der Waals surface area contributed by atoms with Crippen LogP contribution in [0.1, 0.15) is 97.5 Å². The van der Waals surface area contributed by atoms with Crippen molar-refractivity contribution in [3.8, 4) is 0 Å². The number of rotatable bonds is 7. The van der Waals surface area contributed by atoms with Gasteiger partial charge in [0.1, 0.15) is 10.3 Å². The Morgan fingerprint density at radius 1 is 1.27 bits per heavy atom. The maximum Gasteiger partial charge on any atom is 0.408 e. The second kappa shape index (κ2) is 10.9. The zero-order valence-corrected chi connectivity index (χ0v) is 23.5. The maximum atomic E-state index is 13.9. The predicted octanol–water partition coefficient (Wildman–Crippen LogP) is 5.79. The number of nitrogens with one attached hydrogen (secondary N) is 2. The third kappa shape index (κ3) is 7.87. The van der Waals surface area contributed by atoms with E-state index in [9.17, 15) is 18.1 Å². The van der Waals surface area contributed by atoms with Crippen LogP contribution in [0.15, 0.2) is 30.6 Å². The molecule has 1 fully saturated rings. The fraction of sp³-hybridized carbons (Fsp3) is 0.654. The molecule has 2 aromatic heterocycles. The van der Waals surface area contributed by atoms with Gasteiger partial charge in [0.15, 0.2) is 5.65 Å². The summed E-state index contributed by atoms with van der Waals surface area (Å²) in [5, 5.41) is 7.34. The first-order chi connectivity index (χ1) is 16.9. The zero-order valence-electron chi connectivity index (χ0n) is 22.7. The molecule has 0 aliphatic heterocycles. The van der Waals surface area contributed by atoms with Crippen LogP contribution in [0, 0.1) is 5.92 Å². The van der Waals surface area contributed by atoms with Gasteiger partial charge in [-0.1, -0.05) is 12.2 Å². The highest BCUT2D eigenvalue weighted by Crippen LogP contribution is 2.41. The van der Waals surface area contributed by atoms with Crippen molar-refractivity contribution in [2.24, 2.45) is 5.92 Å². The number of halogens is 2. The predicted molar refractivity (Wildman–Crippen MR) is 141 cm³/mol. The van der Waals surface area contributed by atoms with E-state index in [1.807, 2.05) is 33.8 Å². The summed E-state index contributed by atoms with van der Waals surface area (Å²) in [7, 11) is 0. The minimum absolute atomic E-state index is 0.226. The highest BCUT2D eigenvalue weighted by molar-refractivity contribution is 7.90. The van der Waals surface area contributed by atoms with E-state index in [0.29, 0.717) is 11.3 Å². The van der Waals surface area contributed by atoms with Crippen molar-refractivity contribution in [1.29, 1.82) is 0 Å². The standard InChI is InChI=1S/C26H39F2N5O3S/c1-16(2)21(32-37(35)25(6,7)8)18-13-20-30-19(15-33(20)29-14-18)22(31-23(34)36-24(3,4)5)17-9-11-26(27,28)12-10-17/h13-15,17,21-22,32H,1,9-12H2,2-8H3,(H,31,34)/t21?,22-,37-/m0/s1. The first-order valence-corrected chi connectivity index (χ1v) is 13.7. The molecule has 37 heavy (non-hydrogen) atoms. The molecule has 0 radical (unpaired) electrons. The average molecular weight is 540 g/mol. The molecule has 1 amide bonds. The number of hydrogen-bond donors (Lipinski definition) is 2. The first kappa shape index (κ1) is 29.3. The normalized spacial score (nSPS) is 19.3. The molecule has 1 unspecified atom stereocenters. The number of alkyl carbamates (subject to hydrolysis) is 1. The van der Waals surface area contributed by atoms with Crippen molar-refractivity contribution < 1.29 is 22.9 Å². The van der Waals surface area contributed by atoms with E-state index in [2.05, 4.69) is 21.7 Å². The van der Waals surface area contributed by atoms with Crippen LogP contribution in [0.2, 0.25) is 0 Å². The lowest BCUT2D eigenvalue weighted by Gasteiger charge is -2.33. The Bertz CT molecular complexity index is 1120. The van der Waals surface area contributed by atoms with Gasteiger partial charge in [-0.25, -0.2) is 23.1 Å². The van der Waals surface area contributed by atoms with Crippen molar-refractivity contribution in [1.82, 2.24) is 24.6 Å². The number of hydrogen-bond acceptors (Lipinski definition) is 6. The van der Waals surface area contributed by atoms with E-state index in [-0.39, 0.29) is 31.6 Å². The van der Waals surface area contributed by atoms with Crippen LogP contribution in [0.3, 0.4) is 0 Å². The molecule has 206 valence electrons. The molecule has 1 saturated carbocycles. The number of nitrogens with zero attached hydrogens (tertiary/aromatic N) is 3. The fourth-order valence-electron chi connectivity index (χ4n) is 4.22. The van der Waals surface area contributed by atoms with E-state index in [4.69, 9.17) is 9.72 Å². The van der Waals surface area contributed by atoms with Gasteiger partial charge in [-0.05, 0) is 73.3 Å². The van der Waals surface area contributed by atoms with E-state index < -0.39 is 45.8 Å². The lowest BCUT2D eigenvalue weighted by Crippen LogP contribution is -2.41. The molecule has 2 N–H and O–H groups in total. The van der Waals surface area contributed by atoms with Crippen molar-refractivity contribution in [3.63, 3.8) is 0 Å². The average Bonchev–Trinajstić information content (AvgIpc) is 3.16. The van der Waals surface area contributed by atoms with Crippen LogP contribution >= 0.6 is 0 Å². The Kier molecular flexibility index (Phi) is 8.61. The number of fused-ring (bicyclic) bond motifs is 1. The van der Waals surface area contributed by atoms with Gasteiger partial charge in [0, 0.05) is 29.8 Å². The molecule has 1 aliphatic rings. The van der Waals surface area contributed by atoms with E-state index >= 15 is 0 Å². The van der Waals surface area contributed by atoms with Crippen LogP contribution in [0.5, 0.6) is 0 Å². The number of carbonyl (C=O) groups is 1. The third-order valence-electron chi connectivity index (χ3n) is 6.19. The highest BCUT2D eigenvalue weighted by atomic mass is 32.2. The van der Waals surface area contributed by atoms with E-state index in [1.54, 1.807) is 37.7 Å². The van der Waals surface area contributed by atoms with Crippen molar-refractivity contribution in [2.75, 3.05) is 0 Å². The van der Waals surface area contributed by atoms with Crippen molar-refractivity contribution >= 4 is 23.1 Å². The summed E-state index contributed by atoms with van der Waals surface area (Å²) in [4.78, 5) is 17.4. The van der Waals surface area contributed by atoms with E-state index in [1.165, 1.54) is 0 Å². The SMILES string of the molecule is C=C(C)C(N[S@@+]([O-])C(C)(C)C)c1cnn2cc([C@@H](NC(=O)OC(C)(C)C)C3CCC(F)(F)CC3)nc2c1. The molecule has 8 nitrogen and oxygen atoms in total. The zero-order chi connectivity index (χ0) is 27.8. The van der Waals surface area contributed by atoms with Crippen LogP contribution in [0.25, 0.3) is 5.65 Å². The Balaban J connectivity index is 1.93. The number of aromatic nitrogens is 3. The molecule has 0 spiro atoms. The van der Waals surface area contributed by atoms with Crippen LogP contribution < -0.4 is 10.0 Å². The molecule has 3 atom stereocenters. The van der Waals surface area contributed by atoms with Gasteiger partial charge in [0.05, 0.1) is 30.2 Å². The summed E-state index contributed by atoms with van der Waals surface area (Å²) in [5.74, 6) is -2.92. The topological polar surface area (TPSA) is 104 Å². The lowest BCUT2D eigenvalue weighted by molar-refractivity contribution is -0.0500. The number of imidazole rings is 1. The Labute approximate surface area is 220 Å². The van der Waals surface area contributed by atoms with Gasteiger partial charge >= 0.3 is 6.09 Å². The van der Waals surface area contributed by atoms with Gasteiger partial charge in [0.2, 0.25) is 5.92 Å². The molecule has 2 heterocycles. The first-order valence-electron chi connectivity index (χ1n) is 12.5. The minimum Gasteiger partial charge on any atom is -0.598 e. The Hall–Kier alpha value is -2.24. The number of ether oxygens (including phenoxy) is 1. The molecular weight excluding hydrogens is 500 g/mol. The van der Waals surface area contributed by atoms with E-state index in [0.717, 1.165) is 11.1 Å². The second-order valence-electron chi connectivity index (χ2n) is 11.9. The monoisotopic (exact) mass is 539 g/mol. The Morgan fingerprint density at radius 3 is 2.43 bits per heavy atom. The molecule has 1 aliphatic carbocycles. The smallest absolute Gasteiger partial charge is 0.408 e. The minimum atomic E-state index is -2.69. The lowest BCUT2D eigenvalue weighted by atomic mass is 9.81. The highest BCUT2D eigenvalue weighted by Gasteiger charge is 2.40. The summed E-state index contributed by atoms with van der Waals surface area (Å²) < 4.78 is 50.2. The quantitative estimate of drug-likeness (QED) is 0.341. The summed E-state index contributed by atoms with van der Waals surface area (Å²) in [6.45, 7) is 16.8. The second-order valence-corrected chi connectivity index (χ2v) is 13.9. The summed E-state index contributed by atoms with van der Waals surface area (Å²) in [6.07, 6.45) is 2.75. The summed E-state index contributed by atoms with van der Waals surface area (Å²) in [5.41, 5.74) is 1.83. The number of carbonyl (C=O) groups excluding carboxylic acids is 1. The van der Waals surface area contributed by atoms with Crippen LogP contribution in [-0.4, -0.2) is 41.5 Å². The molecule has 0 saturated heterocycles. The summed E-state index contributed by atoms with van der Waals surface area (Å²) in [6, 6.07) is 0.802. The van der Waals surface area contributed by atoms with Crippen molar-refractivity contribution in [3.05, 3.63) is 41.9 Å². The molecule has 2 aromatic rings. The van der Waals surface area contributed by atoms with Gasteiger partial charge in [-0.3, -0.25) is 0 Å². The maximum absolute atomic E-state index is 13.9. The molecule has 3 rings (SSSR count). The Morgan fingerprint density at radius 2 is 1.89 bits per heavy atom. The molecule has 11 heteroatoms.